The lowest BCUT2D eigenvalue weighted by atomic mass is 10.0. The zero-order valence-corrected chi connectivity index (χ0v) is 10.3. The van der Waals surface area contributed by atoms with Gasteiger partial charge < -0.3 is 4.74 Å². The highest BCUT2D eigenvalue weighted by atomic mass is 16.5. The zero-order valence-electron chi connectivity index (χ0n) is 10.3. The van der Waals surface area contributed by atoms with Crippen molar-refractivity contribution in [2.75, 3.05) is 7.11 Å². The first-order chi connectivity index (χ1) is 8.10. The zero-order chi connectivity index (χ0) is 12.4. The maximum Gasteiger partial charge on any atom is 0.310 e. The van der Waals surface area contributed by atoms with Crippen LogP contribution in [0.5, 0.6) is 0 Å². The first kappa shape index (κ1) is 11.6. The lowest BCUT2D eigenvalue weighted by Gasteiger charge is -2.07. The number of carbonyl (C=O) groups excluding carboxylic acids is 1. The van der Waals surface area contributed by atoms with Gasteiger partial charge in [0.25, 0.3) is 0 Å². The van der Waals surface area contributed by atoms with Gasteiger partial charge in [-0.1, -0.05) is 11.6 Å². The summed E-state index contributed by atoms with van der Waals surface area (Å²) in [5.74, 6) is -0.224. The van der Waals surface area contributed by atoms with Gasteiger partial charge >= 0.3 is 5.97 Å². The summed E-state index contributed by atoms with van der Waals surface area (Å²) in [5.41, 5.74) is 3.98. The number of esters is 1. The molecule has 3 heteroatoms. The number of rotatable bonds is 2. The molecule has 0 amide bonds. The number of pyridine rings is 1. The molecule has 2 aromatic rings. The van der Waals surface area contributed by atoms with Crippen LogP contribution in [0.4, 0.5) is 0 Å². The van der Waals surface area contributed by atoms with Crippen molar-refractivity contribution in [3.8, 4) is 0 Å². The van der Waals surface area contributed by atoms with E-state index in [9.17, 15) is 4.79 Å². The summed E-state index contributed by atoms with van der Waals surface area (Å²) < 4.78 is 4.71. The van der Waals surface area contributed by atoms with E-state index in [4.69, 9.17) is 4.74 Å². The summed E-state index contributed by atoms with van der Waals surface area (Å²) in [6.45, 7) is 3.96. The summed E-state index contributed by atoms with van der Waals surface area (Å²) in [6.07, 6.45) is 0.291. The molecule has 17 heavy (non-hydrogen) atoms. The summed E-state index contributed by atoms with van der Waals surface area (Å²) in [5, 5.41) is 1.03. The molecular formula is C14H15NO2. The monoisotopic (exact) mass is 229 g/mol. The van der Waals surface area contributed by atoms with E-state index in [1.807, 2.05) is 32.0 Å². The molecule has 1 aromatic heterocycles. The van der Waals surface area contributed by atoms with Crippen molar-refractivity contribution in [2.45, 2.75) is 20.3 Å². The fourth-order valence-electron chi connectivity index (χ4n) is 1.93. The van der Waals surface area contributed by atoms with Crippen LogP contribution in [0.2, 0.25) is 0 Å². The average molecular weight is 229 g/mol. The third kappa shape index (κ3) is 2.44. The minimum absolute atomic E-state index is 0.224. The van der Waals surface area contributed by atoms with Gasteiger partial charge in [0.05, 0.1) is 19.0 Å². The van der Waals surface area contributed by atoms with Gasteiger partial charge in [0, 0.05) is 11.1 Å². The molecule has 0 N–H and O–H groups in total. The predicted octanol–water partition coefficient (Wildman–Crippen LogP) is 2.57. The van der Waals surface area contributed by atoms with Gasteiger partial charge in [-0.3, -0.25) is 9.78 Å². The topological polar surface area (TPSA) is 39.2 Å². The highest BCUT2D eigenvalue weighted by Gasteiger charge is 2.09. The van der Waals surface area contributed by atoms with E-state index in [2.05, 4.69) is 11.1 Å². The number of nitrogens with zero attached hydrogens (tertiary/aromatic N) is 1. The summed E-state index contributed by atoms with van der Waals surface area (Å²) in [6, 6.07) is 8.01. The largest absolute Gasteiger partial charge is 0.469 e. The molecule has 0 unspecified atom stereocenters. The maximum atomic E-state index is 11.4. The minimum Gasteiger partial charge on any atom is -0.469 e. The van der Waals surface area contributed by atoms with Crippen LogP contribution < -0.4 is 0 Å². The van der Waals surface area contributed by atoms with Crippen molar-refractivity contribution in [1.82, 2.24) is 4.98 Å². The number of hydrogen-bond donors (Lipinski definition) is 0. The van der Waals surface area contributed by atoms with Crippen LogP contribution in [0.3, 0.4) is 0 Å². The molecule has 0 bridgehead atoms. The van der Waals surface area contributed by atoms with Gasteiger partial charge in [-0.2, -0.15) is 0 Å². The standard InChI is InChI=1S/C14H15NO2/c1-9-4-5-13-12(6-9)11(7-10(2)15-13)8-14(16)17-3/h4-7H,8H2,1-3H3. The highest BCUT2D eigenvalue weighted by molar-refractivity contribution is 5.87. The van der Waals surface area contributed by atoms with E-state index in [0.29, 0.717) is 6.42 Å². The van der Waals surface area contributed by atoms with Crippen LogP contribution in [0.15, 0.2) is 24.3 Å². The maximum absolute atomic E-state index is 11.4. The number of aryl methyl sites for hydroxylation is 2. The Kier molecular flexibility index (Phi) is 3.09. The van der Waals surface area contributed by atoms with Gasteiger partial charge in [-0.15, -0.1) is 0 Å². The van der Waals surface area contributed by atoms with Crippen molar-refractivity contribution >= 4 is 16.9 Å². The van der Waals surface area contributed by atoms with Crippen molar-refractivity contribution in [3.63, 3.8) is 0 Å². The smallest absolute Gasteiger partial charge is 0.310 e. The Morgan fingerprint density at radius 2 is 2.06 bits per heavy atom. The molecule has 0 aliphatic rings. The second kappa shape index (κ2) is 4.53. The van der Waals surface area contributed by atoms with Crippen LogP contribution in [0.1, 0.15) is 16.8 Å². The molecule has 0 saturated heterocycles. The second-order valence-corrected chi connectivity index (χ2v) is 4.20. The minimum atomic E-state index is -0.224. The van der Waals surface area contributed by atoms with Crippen LogP contribution >= 0.6 is 0 Å². The van der Waals surface area contributed by atoms with E-state index < -0.39 is 0 Å². The van der Waals surface area contributed by atoms with Crippen molar-refractivity contribution in [3.05, 3.63) is 41.1 Å². The number of aromatic nitrogens is 1. The molecular weight excluding hydrogens is 214 g/mol. The molecule has 2 rings (SSSR count). The van der Waals surface area contributed by atoms with Crippen LogP contribution in [0.25, 0.3) is 10.9 Å². The Morgan fingerprint density at radius 3 is 2.76 bits per heavy atom. The lowest BCUT2D eigenvalue weighted by Crippen LogP contribution is -2.05. The number of benzene rings is 1. The molecule has 0 atom stereocenters. The summed E-state index contributed by atoms with van der Waals surface area (Å²) >= 11 is 0. The molecule has 0 fully saturated rings. The lowest BCUT2D eigenvalue weighted by molar-refractivity contribution is -0.139. The first-order valence-corrected chi connectivity index (χ1v) is 5.54. The number of methoxy groups -OCH3 is 1. The Balaban J connectivity index is 2.59. The highest BCUT2D eigenvalue weighted by Crippen LogP contribution is 2.20. The molecule has 0 saturated carbocycles. The average Bonchev–Trinajstić information content (AvgIpc) is 2.29. The van der Waals surface area contributed by atoms with Crippen LogP contribution in [0, 0.1) is 13.8 Å². The fourth-order valence-corrected chi connectivity index (χ4v) is 1.93. The van der Waals surface area contributed by atoms with Crippen molar-refractivity contribution in [1.29, 1.82) is 0 Å². The quantitative estimate of drug-likeness (QED) is 0.743. The number of hydrogen-bond acceptors (Lipinski definition) is 3. The number of carbonyl (C=O) groups is 1. The Labute approximate surface area is 100 Å². The van der Waals surface area contributed by atoms with E-state index in [1.165, 1.54) is 7.11 Å². The van der Waals surface area contributed by atoms with Crippen molar-refractivity contribution < 1.29 is 9.53 Å². The molecule has 1 aromatic carbocycles. The predicted molar refractivity (Wildman–Crippen MR) is 66.9 cm³/mol. The third-order valence-electron chi connectivity index (χ3n) is 2.74. The Morgan fingerprint density at radius 1 is 1.29 bits per heavy atom. The van der Waals surface area contributed by atoms with E-state index in [1.54, 1.807) is 0 Å². The van der Waals surface area contributed by atoms with E-state index >= 15 is 0 Å². The number of ether oxygens (including phenoxy) is 1. The molecule has 1 heterocycles. The van der Waals surface area contributed by atoms with E-state index in [0.717, 1.165) is 27.7 Å². The Hall–Kier alpha value is -1.90. The summed E-state index contributed by atoms with van der Waals surface area (Å²) in [7, 11) is 1.41. The summed E-state index contributed by atoms with van der Waals surface area (Å²) in [4.78, 5) is 15.8. The fraction of sp³-hybridized carbons (Fsp3) is 0.286. The van der Waals surface area contributed by atoms with Gasteiger partial charge in [-0.25, -0.2) is 0 Å². The third-order valence-corrected chi connectivity index (χ3v) is 2.74. The molecule has 88 valence electrons. The molecule has 0 aliphatic carbocycles. The normalized spacial score (nSPS) is 10.5. The Bertz CT molecular complexity index is 576. The molecule has 0 aliphatic heterocycles. The van der Waals surface area contributed by atoms with Gasteiger partial charge in [-0.05, 0) is 37.6 Å². The number of fused-ring (bicyclic) bond motifs is 1. The van der Waals surface area contributed by atoms with Crippen LogP contribution in [-0.4, -0.2) is 18.1 Å². The van der Waals surface area contributed by atoms with Gasteiger partial charge in [0.1, 0.15) is 0 Å². The SMILES string of the molecule is COC(=O)Cc1cc(C)nc2ccc(C)cc12. The van der Waals surface area contributed by atoms with Crippen LogP contribution in [-0.2, 0) is 16.0 Å². The second-order valence-electron chi connectivity index (χ2n) is 4.20. The first-order valence-electron chi connectivity index (χ1n) is 5.54. The molecule has 0 radical (unpaired) electrons. The van der Waals surface area contributed by atoms with E-state index in [-0.39, 0.29) is 5.97 Å². The molecule has 0 spiro atoms. The van der Waals surface area contributed by atoms with Gasteiger partial charge in [0.15, 0.2) is 0 Å². The molecule has 3 nitrogen and oxygen atoms in total. The van der Waals surface area contributed by atoms with Crippen molar-refractivity contribution in [2.24, 2.45) is 0 Å². The van der Waals surface area contributed by atoms with Gasteiger partial charge in [0.2, 0.25) is 0 Å².